The molecule has 0 aliphatic carbocycles. The number of benzene rings is 1. The maximum absolute atomic E-state index is 5.84. The van der Waals surface area contributed by atoms with Gasteiger partial charge in [0.25, 0.3) is 0 Å². The predicted octanol–water partition coefficient (Wildman–Crippen LogP) is 2.61. The van der Waals surface area contributed by atoms with Crippen molar-refractivity contribution in [2.24, 2.45) is 5.73 Å². The Morgan fingerprint density at radius 3 is 3.00 bits per heavy atom. The van der Waals surface area contributed by atoms with Gasteiger partial charge in [-0.1, -0.05) is 15.9 Å². The van der Waals surface area contributed by atoms with Crippen LogP contribution in [0.5, 0.6) is 5.75 Å². The van der Waals surface area contributed by atoms with Crippen LogP contribution in [0.15, 0.2) is 41.4 Å². The Morgan fingerprint density at radius 1 is 1.47 bits per heavy atom. The molecule has 0 bridgehead atoms. The van der Waals surface area contributed by atoms with Crippen LogP contribution in [-0.4, -0.2) is 22.2 Å². The molecule has 2 N–H and O–H groups in total. The number of hydrogen-bond donors (Lipinski definition) is 1. The molecule has 1 unspecified atom stereocenters. The topological polar surface area (TPSA) is 53.1 Å². The zero-order chi connectivity index (χ0) is 13.7. The first-order chi connectivity index (χ1) is 9.15. The lowest BCUT2D eigenvalue weighted by Gasteiger charge is -2.11. The first-order valence-electron chi connectivity index (χ1n) is 6.27. The third-order valence-corrected chi connectivity index (χ3v) is 3.51. The average molecular weight is 324 g/mol. The first kappa shape index (κ1) is 14.1. The minimum absolute atomic E-state index is 0.137. The molecular formula is C14H18BrN3O. The van der Waals surface area contributed by atoms with E-state index in [1.807, 2.05) is 35.9 Å². The average Bonchev–Trinajstić information content (AvgIpc) is 2.86. The van der Waals surface area contributed by atoms with Crippen LogP contribution in [-0.2, 0) is 13.0 Å². The summed E-state index contributed by atoms with van der Waals surface area (Å²) in [5.41, 5.74) is 7.01. The minimum Gasteiger partial charge on any atom is -0.492 e. The highest BCUT2D eigenvalue weighted by Gasteiger charge is 2.05. The lowest BCUT2D eigenvalue weighted by atomic mass is 10.1. The molecule has 0 saturated carbocycles. The first-order valence-corrected chi connectivity index (χ1v) is 7.07. The lowest BCUT2D eigenvalue weighted by Crippen LogP contribution is -2.18. The monoisotopic (exact) mass is 323 g/mol. The molecule has 1 atom stereocenters. The minimum atomic E-state index is 0.137. The van der Waals surface area contributed by atoms with Gasteiger partial charge in [-0.05, 0) is 37.1 Å². The van der Waals surface area contributed by atoms with E-state index in [2.05, 4.69) is 20.9 Å². The van der Waals surface area contributed by atoms with E-state index >= 15 is 0 Å². The second-order valence-electron chi connectivity index (χ2n) is 4.58. The van der Waals surface area contributed by atoms with Crippen molar-refractivity contribution in [2.45, 2.75) is 25.9 Å². The number of aromatic nitrogens is 2. The zero-order valence-electron chi connectivity index (χ0n) is 10.9. The highest BCUT2D eigenvalue weighted by atomic mass is 79.9. The van der Waals surface area contributed by atoms with Crippen LogP contribution in [0.2, 0.25) is 0 Å². The second kappa shape index (κ2) is 6.73. The smallest absolute Gasteiger partial charge is 0.119 e. The maximum atomic E-state index is 5.84. The number of nitrogens with two attached hydrogens (primary N) is 1. The van der Waals surface area contributed by atoms with E-state index in [1.165, 1.54) is 5.56 Å². The van der Waals surface area contributed by atoms with Crippen LogP contribution in [0.25, 0.3) is 0 Å². The third kappa shape index (κ3) is 4.36. The number of imidazole rings is 1. The molecule has 0 fully saturated rings. The Hall–Kier alpha value is -1.33. The number of hydrogen-bond acceptors (Lipinski definition) is 3. The van der Waals surface area contributed by atoms with Crippen molar-refractivity contribution in [1.29, 1.82) is 0 Å². The van der Waals surface area contributed by atoms with Gasteiger partial charge in [-0.2, -0.15) is 0 Å². The Balaban J connectivity index is 1.93. The summed E-state index contributed by atoms with van der Waals surface area (Å²) in [5.74, 6) is 0.874. The van der Waals surface area contributed by atoms with E-state index in [0.29, 0.717) is 6.61 Å². The van der Waals surface area contributed by atoms with Crippen molar-refractivity contribution in [1.82, 2.24) is 9.55 Å². The van der Waals surface area contributed by atoms with E-state index in [9.17, 15) is 0 Å². The second-order valence-corrected chi connectivity index (χ2v) is 5.44. The summed E-state index contributed by atoms with van der Waals surface area (Å²) < 4.78 is 8.81. The standard InChI is InChI=1S/C14H18BrN3O/c1-11(16)8-12-9-13(2-3-14(12)15)19-7-6-18-5-4-17-10-18/h2-5,9-11H,6-8,16H2,1H3. The van der Waals surface area contributed by atoms with Crippen LogP contribution in [0.4, 0.5) is 0 Å². The molecule has 102 valence electrons. The van der Waals surface area contributed by atoms with Gasteiger partial charge in [-0.15, -0.1) is 0 Å². The van der Waals surface area contributed by atoms with E-state index in [1.54, 1.807) is 12.5 Å². The molecule has 0 aliphatic rings. The quantitative estimate of drug-likeness (QED) is 0.889. The third-order valence-electron chi connectivity index (χ3n) is 2.74. The molecule has 1 aromatic carbocycles. The SMILES string of the molecule is CC(N)Cc1cc(OCCn2ccnc2)ccc1Br. The number of ether oxygens (including phenoxy) is 1. The van der Waals surface area contributed by atoms with Crippen molar-refractivity contribution >= 4 is 15.9 Å². The maximum Gasteiger partial charge on any atom is 0.119 e. The van der Waals surface area contributed by atoms with Gasteiger partial charge in [0.15, 0.2) is 0 Å². The van der Waals surface area contributed by atoms with Crippen molar-refractivity contribution in [2.75, 3.05) is 6.61 Å². The molecule has 0 aliphatic heterocycles. The fourth-order valence-electron chi connectivity index (χ4n) is 1.83. The summed E-state index contributed by atoms with van der Waals surface area (Å²) in [4.78, 5) is 3.99. The molecule has 19 heavy (non-hydrogen) atoms. The predicted molar refractivity (Wildman–Crippen MR) is 79.2 cm³/mol. The molecule has 5 heteroatoms. The summed E-state index contributed by atoms with van der Waals surface area (Å²) in [6, 6.07) is 6.14. The Bertz CT molecular complexity index is 511. The fourth-order valence-corrected chi connectivity index (χ4v) is 2.24. The van der Waals surface area contributed by atoms with E-state index in [-0.39, 0.29) is 6.04 Å². The van der Waals surface area contributed by atoms with Gasteiger partial charge in [0.05, 0.1) is 12.9 Å². The summed E-state index contributed by atoms with van der Waals surface area (Å²) in [6.45, 7) is 3.41. The van der Waals surface area contributed by atoms with Gasteiger partial charge in [-0.3, -0.25) is 0 Å². The molecule has 2 aromatic rings. The normalized spacial score (nSPS) is 12.4. The van der Waals surface area contributed by atoms with Crippen molar-refractivity contribution in [3.63, 3.8) is 0 Å². The lowest BCUT2D eigenvalue weighted by molar-refractivity contribution is 0.298. The van der Waals surface area contributed by atoms with Crippen LogP contribution < -0.4 is 10.5 Å². The highest BCUT2D eigenvalue weighted by Crippen LogP contribution is 2.23. The van der Waals surface area contributed by atoms with Gasteiger partial charge < -0.3 is 15.0 Å². The van der Waals surface area contributed by atoms with Crippen LogP contribution in [0, 0.1) is 0 Å². The largest absolute Gasteiger partial charge is 0.492 e. The van der Waals surface area contributed by atoms with Crippen molar-refractivity contribution in [3.8, 4) is 5.75 Å². The molecule has 0 radical (unpaired) electrons. The molecule has 4 nitrogen and oxygen atoms in total. The highest BCUT2D eigenvalue weighted by molar-refractivity contribution is 9.10. The fraction of sp³-hybridized carbons (Fsp3) is 0.357. The van der Waals surface area contributed by atoms with Crippen molar-refractivity contribution in [3.05, 3.63) is 47.0 Å². The van der Waals surface area contributed by atoms with Crippen LogP contribution >= 0.6 is 15.9 Å². The number of rotatable bonds is 6. The van der Waals surface area contributed by atoms with Gasteiger partial charge >= 0.3 is 0 Å². The molecule has 0 saturated heterocycles. The van der Waals surface area contributed by atoms with E-state index < -0.39 is 0 Å². The summed E-state index contributed by atoms with van der Waals surface area (Å²) >= 11 is 3.54. The van der Waals surface area contributed by atoms with Gasteiger partial charge in [0, 0.05) is 22.9 Å². The van der Waals surface area contributed by atoms with Gasteiger partial charge in [-0.25, -0.2) is 4.98 Å². The van der Waals surface area contributed by atoms with Gasteiger partial charge in [0.1, 0.15) is 12.4 Å². The van der Waals surface area contributed by atoms with Crippen LogP contribution in [0.3, 0.4) is 0 Å². The summed E-state index contributed by atoms with van der Waals surface area (Å²) in [5, 5.41) is 0. The summed E-state index contributed by atoms with van der Waals surface area (Å²) in [6.07, 6.45) is 6.30. The molecule has 0 spiro atoms. The van der Waals surface area contributed by atoms with E-state index in [4.69, 9.17) is 10.5 Å². The van der Waals surface area contributed by atoms with Crippen molar-refractivity contribution < 1.29 is 4.74 Å². The Labute approximate surface area is 121 Å². The van der Waals surface area contributed by atoms with Crippen LogP contribution in [0.1, 0.15) is 12.5 Å². The molecule has 1 aromatic heterocycles. The molecule has 0 amide bonds. The summed E-state index contributed by atoms with van der Waals surface area (Å²) in [7, 11) is 0. The molecule has 1 heterocycles. The number of nitrogens with zero attached hydrogens (tertiary/aromatic N) is 2. The number of halogens is 1. The molecular weight excluding hydrogens is 306 g/mol. The van der Waals surface area contributed by atoms with E-state index in [0.717, 1.165) is 23.2 Å². The Kier molecular flexibility index (Phi) is 4.99. The van der Waals surface area contributed by atoms with Gasteiger partial charge in [0.2, 0.25) is 0 Å². The Morgan fingerprint density at radius 2 is 2.32 bits per heavy atom. The molecule has 2 rings (SSSR count). The zero-order valence-corrected chi connectivity index (χ0v) is 12.5.